The number of aromatic nitrogens is 1. The largest absolute Gasteiger partial charge is 0.264 e. The Labute approximate surface area is 117 Å². The quantitative estimate of drug-likeness (QED) is 0.630. The number of benzene rings is 2. The summed E-state index contributed by atoms with van der Waals surface area (Å²) in [6.07, 6.45) is 3.65. The maximum atomic E-state index is 6.24. The van der Waals surface area contributed by atoms with Crippen molar-refractivity contribution in [2.45, 2.75) is 0 Å². The molecule has 92 valence electrons. The van der Waals surface area contributed by atoms with E-state index in [2.05, 4.69) is 29.2 Å². The van der Waals surface area contributed by atoms with Crippen molar-refractivity contribution in [3.8, 4) is 22.3 Å². The van der Waals surface area contributed by atoms with Crippen LogP contribution in [0.5, 0.6) is 0 Å². The van der Waals surface area contributed by atoms with E-state index >= 15 is 0 Å². The summed E-state index contributed by atoms with van der Waals surface area (Å²) in [5, 5.41) is 0.769. The van der Waals surface area contributed by atoms with E-state index in [9.17, 15) is 0 Å². The van der Waals surface area contributed by atoms with Crippen molar-refractivity contribution in [2.24, 2.45) is 0 Å². The lowest BCUT2D eigenvalue weighted by Crippen LogP contribution is -1.83. The molecule has 0 bridgehead atoms. The highest BCUT2D eigenvalue weighted by atomic mass is 35.5. The van der Waals surface area contributed by atoms with E-state index in [1.54, 1.807) is 6.20 Å². The second-order valence-electron chi connectivity index (χ2n) is 4.30. The van der Waals surface area contributed by atoms with Crippen LogP contribution >= 0.6 is 11.6 Å². The zero-order valence-electron chi connectivity index (χ0n) is 10.3. The van der Waals surface area contributed by atoms with Crippen LogP contribution in [0.4, 0.5) is 0 Å². The normalized spacial score (nSPS) is 10.4. The van der Waals surface area contributed by atoms with Gasteiger partial charge < -0.3 is 0 Å². The lowest BCUT2D eigenvalue weighted by Gasteiger charge is -2.07. The molecule has 0 aliphatic heterocycles. The van der Waals surface area contributed by atoms with Gasteiger partial charge in [-0.3, -0.25) is 4.98 Å². The van der Waals surface area contributed by atoms with Gasteiger partial charge in [0, 0.05) is 28.5 Å². The molecule has 0 aliphatic carbocycles. The zero-order valence-corrected chi connectivity index (χ0v) is 11.0. The third-order valence-electron chi connectivity index (χ3n) is 3.04. The van der Waals surface area contributed by atoms with Gasteiger partial charge in [-0.1, -0.05) is 54.1 Å². The van der Waals surface area contributed by atoms with E-state index in [0.29, 0.717) is 0 Å². The van der Waals surface area contributed by atoms with E-state index in [1.165, 1.54) is 0 Å². The first-order chi connectivity index (χ1) is 9.34. The molecule has 1 nitrogen and oxygen atoms in total. The maximum Gasteiger partial charge on any atom is 0.0484 e. The van der Waals surface area contributed by atoms with Gasteiger partial charge in [-0.05, 0) is 29.3 Å². The van der Waals surface area contributed by atoms with E-state index in [4.69, 9.17) is 11.6 Å². The van der Waals surface area contributed by atoms with Crippen molar-refractivity contribution in [2.75, 3.05) is 0 Å². The first kappa shape index (κ1) is 11.9. The van der Waals surface area contributed by atoms with Crippen LogP contribution in [0.15, 0.2) is 73.1 Å². The predicted molar refractivity (Wildman–Crippen MR) is 80.1 cm³/mol. The van der Waals surface area contributed by atoms with Crippen molar-refractivity contribution >= 4 is 11.6 Å². The molecule has 0 N–H and O–H groups in total. The number of nitrogens with zero attached hydrogens (tertiary/aromatic N) is 1. The van der Waals surface area contributed by atoms with Gasteiger partial charge in [0.25, 0.3) is 0 Å². The fraction of sp³-hybridized carbons (Fsp3) is 0. The first-order valence-electron chi connectivity index (χ1n) is 6.10. The molecular weight excluding hydrogens is 254 g/mol. The topological polar surface area (TPSA) is 12.9 Å². The molecule has 0 atom stereocenters. The molecule has 1 heterocycles. The van der Waals surface area contributed by atoms with Crippen molar-refractivity contribution < 1.29 is 0 Å². The van der Waals surface area contributed by atoms with Gasteiger partial charge in [0.2, 0.25) is 0 Å². The Balaban J connectivity index is 2.09. The average Bonchev–Trinajstić information content (AvgIpc) is 2.49. The summed E-state index contributed by atoms with van der Waals surface area (Å²) in [6.45, 7) is 0. The molecule has 2 heteroatoms. The highest BCUT2D eigenvalue weighted by Gasteiger charge is 2.04. The summed E-state index contributed by atoms with van der Waals surface area (Å²) in [7, 11) is 0. The number of hydrogen-bond donors (Lipinski definition) is 0. The van der Waals surface area contributed by atoms with Crippen LogP contribution in [0.1, 0.15) is 0 Å². The van der Waals surface area contributed by atoms with Gasteiger partial charge >= 0.3 is 0 Å². The molecule has 0 aliphatic rings. The Bertz CT molecular complexity index is 692. The number of rotatable bonds is 2. The van der Waals surface area contributed by atoms with Crippen molar-refractivity contribution in [3.63, 3.8) is 0 Å². The van der Waals surface area contributed by atoms with Crippen LogP contribution in [0.25, 0.3) is 22.3 Å². The van der Waals surface area contributed by atoms with E-state index < -0.39 is 0 Å². The smallest absolute Gasteiger partial charge is 0.0484 e. The fourth-order valence-electron chi connectivity index (χ4n) is 2.10. The molecule has 0 saturated heterocycles. The van der Waals surface area contributed by atoms with Crippen LogP contribution in [-0.2, 0) is 0 Å². The third-order valence-corrected chi connectivity index (χ3v) is 3.37. The second-order valence-corrected chi connectivity index (χ2v) is 4.71. The van der Waals surface area contributed by atoms with Crippen LogP contribution in [0, 0.1) is 0 Å². The predicted octanol–water partition coefficient (Wildman–Crippen LogP) is 5.07. The molecule has 2 aromatic carbocycles. The molecule has 0 spiro atoms. The summed E-state index contributed by atoms with van der Waals surface area (Å²) < 4.78 is 0. The Morgan fingerprint density at radius 2 is 1.53 bits per heavy atom. The standard InChI is InChI=1S/C17H12ClN/c18-17-9-2-1-8-16(17)14-6-3-5-13(11-14)15-7-4-10-19-12-15/h1-12H. The van der Waals surface area contributed by atoms with Gasteiger partial charge in [-0.25, -0.2) is 0 Å². The summed E-state index contributed by atoms with van der Waals surface area (Å²) >= 11 is 6.24. The molecule has 0 fully saturated rings. The molecule has 1 aromatic heterocycles. The summed E-state index contributed by atoms with van der Waals surface area (Å²) in [6, 6.07) is 20.2. The minimum Gasteiger partial charge on any atom is -0.264 e. The molecule has 0 unspecified atom stereocenters. The van der Waals surface area contributed by atoms with Crippen molar-refractivity contribution in [3.05, 3.63) is 78.1 Å². The molecule has 3 aromatic rings. The lowest BCUT2D eigenvalue weighted by atomic mass is 10.00. The first-order valence-corrected chi connectivity index (χ1v) is 6.48. The average molecular weight is 266 g/mol. The van der Waals surface area contributed by atoms with Crippen LogP contribution in [0.2, 0.25) is 5.02 Å². The van der Waals surface area contributed by atoms with Gasteiger partial charge in [-0.2, -0.15) is 0 Å². The maximum absolute atomic E-state index is 6.24. The van der Waals surface area contributed by atoms with Gasteiger partial charge in [0.05, 0.1) is 0 Å². The third kappa shape index (κ3) is 2.51. The molecule has 3 rings (SSSR count). The number of halogens is 1. The Kier molecular flexibility index (Phi) is 3.30. The SMILES string of the molecule is Clc1ccccc1-c1cccc(-c2cccnc2)c1. The van der Waals surface area contributed by atoms with Crippen molar-refractivity contribution in [1.29, 1.82) is 0 Å². The monoisotopic (exact) mass is 265 g/mol. The number of pyridine rings is 1. The minimum absolute atomic E-state index is 0.769. The molecular formula is C17H12ClN. The molecule has 0 amide bonds. The summed E-state index contributed by atoms with van der Waals surface area (Å²) in [5.74, 6) is 0. The minimum atomic E-state index is 0.769. The Morgan fingerprint density at radius 3 is 2.32 bits per heavy atom. The second kappa shape index (κ2) is 5.25. The molecule has 0 radical (unpaired) electrons. The highest BCUT2D eigenvalue weighted by Crippen LogP contribution is 2.30. The van der Waals surface area contributed by atoms with Crippen LogP contribution < -0.4 is 0 Å². The zero-order chi connectivity index (χ0) is 13.1. The molecule has 0 saturated carbocycles. The fourth-order valence-corrected chi connectivity index (χ4v) is 2.34. The Morgan fingerprint density at radius 1 is 0.737 bits per heavy atom. The molecule has 19 heavy (non-hydrogen) atoms. The number of hydrogen-bond acceptors (Lipinski definition) is 1. The van der Waals surface area contributed by atoms with Gasteiger partial charge in [0.15, 0.2) is 0 Å². The van der Waals surface area contributed by atoms with Crippen LogP contribution in [0.3, 0.4) is 0 Å². The summed E-state index contributed by atoms with van der Waals surface area (Å²) in [4.78, 5) is 4.15. The van der Waals surface area contributed by atoms with E-state index in [0.717, 1.165) is 27.3 Å². The lowest BCUT2D eigenvalue weighted by molar-refractivity contribution is 1.33. The van der Waals surface area contributed by atoms with Gasteiger partial charge in [0.1, 0.15) is 0 Å². The Hall–Kier alpha value is -2.12. The van der Waals surface area contributed by atoms with Gasteiger partial charge in [-0.15, -0.1) is 0 Å². The van der Waals surface area contributed by atoms with E-state index in [-0.39, 0.29) is 0 Å². The van der Waals surface area contributed by atoms with Crippen molar-refractivity contribution in [1.82, 2.24) is 4.98 Å². The van der Waals surface area contributed by atoms with E-state index in [1.807, 2.05) is 42.6 Å². The summed E-state index contributed by atoms with van der Waals surface area (Å²) in [5.41, 5.74) is 4.42. The van der Waals surface area contributed by atoms with Crippen LogP contribution in [-0.4, -0.2) is 4.98 Å². The highest BCUT2D eigenvalue weighted by molar-refractivity contribution is 6.33.